The van der Waals surface area contributed by atoms with Crippen molar-refractivity contribution >= 4 is 5.97 Å². The van der Waals surface area contributed by atoms with Crippen LogP contribution in [0.25, 0.3) is 11.3 Å². The number of esters is 1. The second kappa shape index (κ2) is 8.45. The van der Waals surface area contributed by atoms with E-state index in [-0.39, 0.29) is 17.7 Å². The van der Waals surface area contributed by atoms with Crippen LogP contribution in [-0.2, 0) is 14.3 Å². The summed E-state index contributed by atoms with van der Waals surface area (Å²) in [5.41, 5.74) is -0.174. The number of aromatic nitrogens is 3. The summed E-state index contributed by atoms with van der Waals surface area (Å²) in [6, 6.07) is 0.243. The molecule has 1 saturated heterocycles. The second-order valence-corrected chi connectivity index (χ2v) is 6.49. The summed E-state index contributed by atoms with van der Waals surface area (Å²) < 4.78 is 51.0. The molecule has 2 heterocycles. The smallest absolute Gasteiger partial charge is 0.308 e. The van der Waals surface area contributed by atoms with Gasteiger partial charge in [-0.3, -0.25) is 4.79 Å². The SMILES string of the molecule is COC(=O)CC1OC(CO)C(O)C(n2cc(-c3cc(F)c(F)c(F)c3)nn2)C1O. The maximum atomic E-state index is 13.5. The Labute approximate surface area is 162 Å². The van der Waals surface area contributed by atoms with Crippen molar-refractivity contribution in [3.8, 4) is 11.3 Å². The van der Waals surface area contributed by atoms with Gasteiger partial charge in [0.2, 0.25) is 0 Å². The zero-order valence-corrected chi connectivity index (χ0v) is 15.1. The minimum Gasteiger partial charge on any atom is -0.469 e. The van der Waals surface area contributed by atoms with Crippen molar-refractivity contribution in [1.82, 2.24) is 15.0 Å². The van der Waals surface area contributed by atoms with Gasteiger partial charge in [0.15, 0.2) is 17.5 Å². The minimum absolute atomic E-state index is 0.0567. The highest BCUT2D eigenvalue weighted by Gasteiger charge is 2.46. The number of ether oxygens (including phenoxy) is 2. The predicted molar refractivity (Wildman–Crippen MR) is 88.8 cm³/mol. The Hall–Kier alpha value is -2.54. The Morgan fingerprint density at radius 1 is 1.21 bits per heavy atom. The van der Waals surface area contributed by atoms with Gasteiger partial charge in [-0.2, -0.15) is 0 Å². The summed E-state index contributed by atoms with van der Waals surface area (Å²) in [6.07, 6.45) is -4.35. The molecule has 1 fully saturated rings. The van der Waals surface area contributed by atoms with E-state index < -0.39 is 60.5 Å². The normalized spacial score (nSPS) is 27.1. The van der Waals surface area contributed by atoms with Gasteiger partial charge in [-0.05, 0) is 12.1 Å². The number of hydrogen-bond acceptors (Lipinski definition) is 8. The average molecular weight is 417 g/mol. The molecule has 12 heteroatoms. The molecule has 3 N–H and O–H groups in total. The number of rotatable bonds is 5. The molecule has 0 saturated carbocycles. The molecule has 158 valence electrons. The largest absolute Gasteiger partial charge is 0.469 e. The van der Waals surface area contributed by atoms with Crippen molar-refractivity contribution in [1.29, 1.82) is 0 Å². The highest BCUT2D eigenvalue weighted by Crippen LogP contribution is 2.32. The Morgan fingerprint density at radius 2 is 1.83 bits per heavy atom. The van der Waals surface area contributed by atoms with E-state index >= 15 is 0 Å². The molecular formula is C17H18F3N3O6. The molecule has 0 bridgehead atoms. The van der Waals surface area contributed by atoms with Gasteiger partial charge >= 0.3 is 5.97 Å². The first-order valence-electron chi connectivity index (χ1n) is 8.52. The number of halogens is 3. The lowest BCUT2D eigenvalue weighted by molar-refractivity contribution is -0.209. The topological polar surface area (TPSA) is 127 Å². The van der Waals surface area contributed by atoms with Crippen LogP contribution in [0.1, 0.15) is 12.5 Å². The standard InChI is InChI=1S/C17H18F3N3O6/c1-28-13(25)4-11-16(26)15(17(27)12(6-24)29-11)23-5-10(21-22-23)7-2-8(18)14(20)9(19)3-7/h2-3,5,11-12,15-17,24,26-27H,4,6H2,1H3. The van der Waals surface area contributed by atoms with Gasteiger partial charge in [-0.15, -0.1) is 5.10 Å². The fourth-order valence-corrected chi connectivity index (χ4v) is 3.17. The van der Waals surface area contributed by atoms with Crippen molar-refractivity contribution in [2.45, 2.75) is 36.9 Å². The lowest BCUT2D eigenvalue weighted by Gasteiger charge is -2.41. The van der Waals surface area contributed by atoms with Crippen LogP contribution < -0.4 is 0 Å². The van der Waals surface area contributed by atoms with Gasteiger partial charge in [-0.25, -0.2) is 17.9 Å². The monoisotopic (exact) mass is 417 g/mol. The number of nitrogens with zero attached hydrogens (tertiary/aromatic N) is 3. The molecule has 5 unspecified atom stereocenters. The van der Waals surface area contributed by atoms with Crippen LogP contribution in [0.4, 0.5) is 13.2 Å². The molecule has 0 amide bonds. The first-order chi connectivity index (χ1) is 13.8. The lowest BCUT2D eigenvalue weighted by atomic mass is 9.91. The minimum atomic E-state index is -1.63. The lowest BCUT2D eigenvalue weighted by Crippen LogP contribution is -2.56. The third-order valence-corrected chi connectivity index (χ3v) is 4.68. The highest BCUT2D eigenvalue weighted by molar-refractivity contribution is 5.69. The number of methoxy groups -OCH3 is 1. The van der Waals surface area contributed by atoms with Gasteiger partial charge in [0, 0.05) is 5.56 Å². The Morgan fingerprint density at radius 3 is 2.41 bits per heavy atom. The van der Waals surface area contributed by atoms with Crippen LogP contribution in [0, 0.1) is 17.5 Å². The molecule has 3 rings (SSSR count). The predicted octanol–water partition coefficient (Wildman–Crippen LogP) is -0.0519. The Balaban J connectivity index is 1.92. The molecular weight excluding hydrogens is 399 g/mol. The van der Waals surface area contributed by atoms with Gasteiger partial charge in [0.1, 0.15) is 30.0 Å². The average Bonchev–Trinajstić information content (AvgIpc) is 3.17. The van der Waals surface area contributed by atoms with Gasteiger partial charge in [0.25, 0.3) is 0 Å². The Bertz CT molecular complexity index is 872. The third-order valence-electron chi connectivity index (χ3n) is 4.68. The third kappa shape index (κ3) is 4.10. The molecule has 1 aromatic heterocycles. The summed E-state index contributed by atoms with van der Waals surface area (Å²) in [6.45, 7) is -0.613. The van der Waals surface area contributed by atoms with E-state index in [2.05, 4.69) is 15.0 Å². The molecule has 1 aliphatic heterocycles. The quantitative estimate of drug-likeness (QED) is 0.457. The maximum Gasteiger partial charge on any atom is 0.308 e. The van der Waals surface area contributed by atoms with Crippen molar-refractivity contribution in [2.24, 2.45) is 0 Å². The first-order valence-corrected chi connectivity index (χ1v) is 8.52. The first kappa shape index (κ1) is 21.2. The van der Waals surface area contributed by atoms with Gasteiger partial charge < -0.3 is 24.8 Å². The van der Waals surface area contributed by atoms with Gasteiger partial charge in [-0.1, -0.05) is 5.21 Å². The van der Waals surface area contributed by atoms with Crippen LogP contribution in [0.3, 0.4) is 0 Å². The highest BCUT2D eigenvalue weighted by atomic mass is 19.2. The molecule has 5 atom stereocenters. The fraction of sp³-hybridized carbons (Fsp3) is 0.471. The van der Waals surface area contributed by atoms with E-state index in [0.717, 1.165) is 23.9 Å². The summed E-state index contributed by atoms with van der Waals surface area (Å²) >= 11 is 0. The van der Waals surface area contributed by atoms with E-state index in [4.69, 9.17) is 4.74 Å². The summed E-state index contributed by atoms with van der Waals surface area (Å²) in [7, 11) is 1.15. The van der Waals surface area contributed by atoms with Crippen LogP contribution in [0.15, 0.2) is 18.3 Å². The molecule has 1 aliphatic rings. The second-order valence-electron chi connectivity index (χ2n) is 6.49. The van der Waals surface area contributed by atoms with Crippen LogP contribution in [-0.4, -0.2) is 74.4 Å². The number of hydrogen-bond donors (Lipinski definition) is 3. The molecule has 2 aromatic rings. The van der Waals surface area contributed by atoms with E-state index in [1.165, 1.54) is 6.20 Å². The number of aliphatic hydroxyl groups is 3. The van der Waals surface area contributed by atoms with Crippen molar-refractivity contribution < 1.29 is 42.8 Å². The molecule has 0 spiro atoms. The van der Waals surface area contributed by atoms with Crippen molar-refractivity contribution in [2.75, 3.05) is 13.7 Å². The number of carbonyl (C=O) groups excluding carboxylic acids is 1. The van der Waals surface area contributed by atoms with E-state index in [0.29, 0.717) is 0 Å². The van der Waals surface area contributed by atoms with Crippen LogP contribution >= 0.6 is 0 Å². The maximum absolute atomic E-state index is 13.5. The van der Waals surface area contributed by atoms with Crippen molar-refractivity contribution in [3.05, 3.63) is 35.8 Å². The van der Waals surface area contributed by atoms with Crippen molar-refractivity contribution in [3.63, 3.8) is 0 Å². The van der Waals surface area contributed by atoms with Crippen LogP contribution in [0.5, 0.6) is 0 Å². The summed E-state index contributed by atoms with van der Waals surface area (Å²) in [4.78, 5) is 11.6. The number of carbonyl (C=O) groups is 1. The van der Waals surface area contributed by atoms with Gasteiger partial charge in [0.05, 0.1) is 32.4 Å². The van der Waals surface area contributed by atoms with E-state index in [1.807, 2.05) is 0 Å². The number of aliphatic hydroxyl groups excluding tert-OH is 3. The molecule has 29 heavy (non-hydrogen) atoms. The summed E-state index contributed by atoms with van der Waals surface area (Å²) in [5, 5.41) is 38.0. The number of benzene rings is 1. The zero-order chi connectivity index (χ0) is 21.3. The zero-order valence-electron chi connectivity index (χ0n) is 15.1. The van der Waals surface area contributed by atoms with Crippen LogP contribution in [0.2, 0.25) is 0 Å². The molecule has 0 radical (unpaired) electrons. The van der Waals surface area contributed by atoms with E-state index in [9.17, 15) is 33.3 Å². The fourth-order valence-electron chi connectivity index (χ4n) is 3.17. The van der Waals surface area contributed by atoms with E-state index in [1.54, 1.807) is 0 Å². The molecule has 0 aliphatic carbocycles. The molecule has 1 aromatic carbocycles. The summed E-state index contributed by atoms with van der Waals surface area (Å²) in [5.74, 6) is -5.15. The Kier molecular flexibility index (Phi) is 6.17. The molecule has 9 nitrogen and oxygen atoms in total.